The van der Waals surface area contributed by atoms with Crippen molar-refractivity contribution in [2.24, 2.45) is 0 Å². The number of ketones is 1. The van der Waals surface area contributed by atoms with Gasteiger partial charge >= 0.3 is 17.9 Å². The molecule has 0 saturated heterocycles. The van der Waals surface area contributed by atoms with E-state index in [1.165, 1.54) is 11.8 Å². The maximum Gasteiger partial charge on any atom is 0.374 e. The third kappa shape index (κ3) is 8.88. The fourth-order valence-electron chi connectivity index (χ4n) is 2.93. The number of carbonyl (C=O) groups excluding carboxylic acids is 5. The monoisotopic (exact) mass is 507 g/mol. The van der Waals surface area contributed by atoms with Crippen LogP contribution in [0.2, 0.25) is 0 Å². The highest BCUT2D eigenvalue weighted by molar-refractivity contribution is 6.32. The van der Waals surface area contributed by atoms with Gasteiger partial charge in [0.1, 0.15) is 19.0 Å². The number of amides is 1. The summed E-state index contributed by atoms with van der Waals surface area (Å²) in [7, 11) is 0. The van der Waals surface area contributed by atoms with Crippen LogP contribution in [0.1, 0.15) is 31.1 Å². The lowest BCUT2D eigenvalue weighted by Crippen LogP contribution is -2.37. The van der Waals surface area contributed by atoms with Crippen molar-refractivity contribution < 1.29 is 38.2 Å². The molecule has 0 aliphatic carbocycles. The molecule has 0 heterocycles. The summed E-state index contributed by atoms with van der Waals surface area (Å²) in [5.74, 6) is -2.82. The Morgan fingerprint density at radius 1 is 0.676 bits per heavy atom. The summed E-state index contributed by atoms with van der Waals surface area (Å²) in [6.07, 6.45) is 0. The fraction of sp³-hybridized carbons (Fsp3) is 0.250. The summed E-state index contributed by atoms with van der Waals surface area (Å²) >= 11 is 0. The van der Waals surface area contributed by atoms with Crippen LogP contribution in [0.4, 0.5) is 0 Å². The van der Waals surface area contributed by atoms with Crippen LogP contribution in [-0.2, 0) is 28.7 Å². The molecule has 0 aromatic heterocycles. The van der Waals surface area contributed by atoms with E-state index in [-0.39, 0.29) is 37.8 Å². The van der Waals surface area contributed by atoms with Gasteiger partial charge < -0.3 is 19.1 Å². The molecule has 9 heteroatoms. The molecule has 1 amide bonds. The molecule has 0 bridgehead atoms. The van der Waals surface area contributed by atoms with Crippen molar-refractivity contribution in [2.75, 3.05) is 26.3 Å². The molecule has 2 aromatic carbocycles. The zero-order valence-corrected chi connectivity index (χ0v) is 21.1. The zero-order valence-electron chi connectivity index (χ0n) is 21.1. The van der Waals surface area contributed by atoms with Crippen molar-refractivity contribution in [1.29, 1.82) is 0 Å². The maximum absolute atomic E-state index is 13.1. The summed E-state index contributed by atoms with van der Waals surface area (Å²) in [5, 5.41) is 0. The van der Waals surface area contributed by atoms with Gasteiger partial charge in [-0.2, -0.15) is 0 Å². The van der Waals surface area contributed by atoms with E-state index >= 15 is 0 Å². The fourth-order valence-corrected chi connectivity index (χ4v) is 2.93. The molecule has 0 unspecified atom stereocenters. The molecule has 2 rings (SSSR count). The number of hydrogen-bond acceptors (Lipinski definition) is 8. The van der Waals surface area contributed by atoms with E-state index in [0.29, 0.717) is 16.9 Å². The average Bonchev–Trinajstić information content (AvgIpc) is 2.87. The van der Waals surface area contributed by atoms with Crippen LogP contribution in [0, 0.1) is 0 Å². The Hall–Kier alpha value is -4.53. The number of ether oxygens (including phenoxy) is 3. The third-order valence-corrected chi connectivity index (χ3v) is 4.99. The predicted octanol–water partition coefficient (Wildman–Crippen LogP) is 3.53. The van der Waals surface area contributed by atoms with E-state index in [1.807, 2.05) is 0 Å². The summed E-state index contributed by atoms with van der Waals surface area (Å²) < 4.78 is 15.1. The van der Waals surface area contributed by atoms with Crippen molar-refractivity contribution in [3.8, 4) is 16.9 Å². The maximum atomic E-state index is 13.1. The minimum absolute atomic E-state index is 0.00537. The van der Waals surface area contributed by atoms with Crippen molar-refractivity contribution in [2.45, 2.75) is 20.8 Å². The van der Waals surface area contributed by atoms with Crippen LogP contribution in [0.25, 0.3) is 11.1 Å². The Kier molecular flexibility index (Phi) is 10.5. The number of benzene rings is 2. The van der Waals surface area contributed by atoms with Crippen LogP contribution < -0.4 is 4.74 Å². The van der Waals surface area contributed by atoms with Gasteiger partial charge in [0.05, 0.1) is 13.1 Å². The normalized spacial score (nSPS) is 10.1. The first kappa shape index (κ1) is 28.7. The predicted molar refractivity (Wildman–Crippen MR) is 136 cm³/mol. The van der Waals surface area contributed by atoms with Gasteiger partial charge in [-0.05, 0) is 49.2 Å². The summed E-state index contributed by atoms with van der Waals surface area (Å²) in [5.41, 5.74) is 2.55. The van der Waals surface area contributed by atoms with Gasteiger partial charge in [0.15, 0.2) is 0 Å². The first-order chi connectivity index (χ1) is 17.5. The van der Waals surface area contributed by atoms with E-state index in [2.05, 4.69) is 13.2 Å². The second kappa shape index (κ2) is 13.5. The molecule has 37 heavy (non-hydrogen) atoms. The Morgan fingerprint density at radius 3 is 1.59 bits per heavy atom. The quantitative estimate of drug-likeness (QED) is 0.185. The van der Waals surface area contributed by atoms with Crippen molar-refractivity contribution in [1.82, 2.24) is 4.90 Å². The molecular weight excluding hydrogens is 478 g/mol. The molecule has 0 radical (unpaired) electrons. The Morgan fingerprint density at radius 2 is 1.14 bits per heavy atom. The molecule has 0 fully saturated rings. The molecular formula is C28H29NO8. The van der Waals surface area contributed by atoms with Gasteiger partial charge in [-0.15, -0.1) is 0 Å². The van der Waals surface area contributed by atoms with Gasteiger partial charge in [-0.25, -0.2) is 14.4 Å². The smallest absolute Gasteiger partial charge is 0.374 e. The van der Waals surface area contributed by atoms with E-state index in [4.69, 9.17) is 14.2 Å². The number of Topliss-reactive ketones (excluding diaryl/α,β-unsaturated/α-hetero) is 1. The number of carbonyl (C=O) groups is 5. The number of hydrogen-bond donors (Lipinski definition) is 0. The molecule has 0 saturated carbocycles. The number of esters is 3. The molecule has 0 N–H and O–H groups in total. The second-order valence-electron chi connectivity index (χ2n) is 8.17. The summed E-state index contributed by atoms with van der Waals surface area (Å²) in [6.45, 7) is 11.0. The third-order valence-electron chi connectivity index (χ3n) is 4.99. The lowest BCUT2D eigenvalue weighted by molar-refractivity contribution is -0.153. The van der Waals surface area contributed by atoms with Gasteiger partial charge in [-0.1, -0.05) is 37.4 Å². The first-order valence-corrected chi connectivity index (χ1v) is 11.4. The van der Waals surface area contributed by atoms with Crippen LogP contribution in [0.5, 0.6) is 5.75 Å². The number of rotatable bonds is 12. The van der Waals surface area contributed by atoms with Gasteiger partial charge in [0.25, 0.3) is 5.91 Å². The minimum atomic E-state index is -0.995. The highest BCUT2D eigenvalue weighted by Crippen LogP contribution is 2.23. The topological polar surface area (TPSA) is 116 Å². The van der Waals surface area contributed by atoms with E-state index in [0.717, 1.165) is 18.1 Å². The molecule has 0 aliphatic rings. The van der Waals surface area contributed by atoms with Crippen LogP contribution in [0.15, 0.2) is 72.8 Å². The van der Waals surface area contributed by atoms with Crippen molar-refractivity contribution in [3.63, 3.8) is 0 Å². The lowest BCUT2D eigenvalue weighted by atomic mass is 10.0. The van der Waals surface area contributed by atoms with Gasteiger partial charge in [0, 0.05) is 23.6 Å². The Balaban J connectivity index is 2.10. The van der Waals surface area contributed by atoms with Crippen molar-refractivity contribution >= 4 is 29.6 Å². The highest BCUT2D eigenvalue weighted by atomic mass is 16.5. The molecule has 0 aliphatic heterocycles. The average molecular weight is 508 g/mol. The molecule has 0 spiro atoms. The molecule has 2 aromatic rings. The van der Waals surface area contributed by atoms with E-state index in [1.54, 1.807) is 55.5 Å². The summed E-state index contributed by atoms with van der Waals surface area (Å²) in [6, 6.07) is 13.7. The first-order valence-electron chi connectivity index (χ1n) is 11.4. The summed E-state index contributed by atoms with van der Waals surface area (Å²) in [4.78, 5) is 60.3. The molecule has 0 atom stereocenters. The second-order valence-corrected chi connectivity index (χ2v) is 8.17. The Labute approximate surface area is 215 Å². The Bertz CT molecular complexity index is 1160. The molecule has 194 valence electrons. The van der Waals surface area contributed by atoms with Crippen LogP contribution in [0.3, 0.4) is 0 Å². The van der Waals surface area contributed by atoms with E-state index in [9.17, 15) is 24.0 Å². The largest absolute Gasteiger partial charge is 0.460 e. The highest BCUT2D eigenvalue weighted by Gasteiger charge is 2.18. The van der Waals surface area contributed by atoms with Gasteiger partial charge in [-0.3, -0.25) is 9.59 Å². The molecule has 9 nitrogen and oxygen atoms in total. The number of nitrogens with zero attached hydrogens (tertiary/aromatic N) is 1. The standard InChI is InChI=1S/C28H29NO8/c1-18(2)26(32)35-16-14-29(15-17-36-28(34)20(5)30)25(31)23-8-6-21(7-9-23)22-10-12-24(13-11-22)37-27(33)19(3)4/h6-13H,1,3,14-17H2,2,4-5H3. The van der Waals surface area contributed by atoms with E-state index < -0.39 is 23.7 Å². The van der Waals surface area contributed by atoms with Crippen LogP contribution >= 0.6 is 0 Å². The lowest BCUT2D eigenvalue weighted by Gasteiger charge is -2.22. The van der Waals surface area contributed by atoms with Crippen LogP contribution in [-0.4, -0.2) is 60.8 Å². The zero-order chi connectivity index (χ0) is 27.5. The SMILES string of the molecule is C=C(C)C(=O)OCCN(CCOC(=O)C(C)=O)C(=O)c1ccc(-c2ccc(OC(=O)C(=C)C)cc2)cc1. The minimum Gasteiger partial charge on any atom is -0.460 e. The van der Waals surface area contributed by atoms with Crippen molar-refractivity contribution in [3.05, 3.63) is 78.4 Å². The van der Waals surface area contributed by atoms with Gasteiger partial charge in [0.2, 0.25) is 5.78 Å².